The molecule has 3 rings (SSSR count). The normalized spacial score (nSPS) is 17.9. The minimum Gasteiger partial charge on any atom is -0.369 e. The summed E-state index contributed by atoms with van der Waals surface area (Å²) in [5.74, 6) is 0.181. The third-order valence-electron chi connectivity index (χ3n) is 4.23. The molecule has 1 atom stereocenters. The van der Waals surface area contributed by atoms with Gasteiger partial charge in [0.1, 0.15) is 5.69 Å². The van der Waals surface area contributed by atoms with E-state index in [0.717, 1.165) is 6.42 Å². The highest BCUT2D eigenvalue weighted by atomic mass is 16.2. The molecule has 2 aromatic heterocycles. The summed E-state index contributed by atoms with van der Waals surface area (Å²) in [4.78, 5) is 32.7. The molecule has 0 spiro atoms. The molecule has 0 aromatic carbocycles. The third kappa shape index (κ3) is 2.99. The zero-order valence-electron chi connectivity index (χ0n) is 13.3. The number of nitrogens with one attached hydrogen (secondary N) is 1. The van der Waals surface area contributed by atoms with E-state index in [2.05, 4.69) is 9.97 Å². The second-order valence-corrected chi connectivity index (χ2v) is 6.19. The van der Waals surface area contributed by atoms with Gasteiger partial charge < -0.3 is 15.2 Å². The molecular formula is C16H21N5O2. The molecule has 7 nitrogen and oxygen atoms in total. The van der Waals surface area contributed by atoms with Crippen LogP contribution in [0.15, 0.2) is 29.2 Å². The van der Waals surface area contributed by atoms with Crippen LogP contribution in [0.4, 0.5) is 5.95 Å². The number of aromatic nitrogens is 3. The largest absolute Gasteiger partial charge is 0.369 e. The van der Waals surface area contributed by atoms with Gasteiger partial charge in [-0.1, -0.05) is 0 Å². The van der Waals surface area contributed by atoms with Crippen LogP contribution in [0.2, 0.25) is 0 Å². The average Bonchev–Trinajstić information content (AvgIpc) is 3.15. The molecule has 1 amide bonds. The number of carbonyl (C=O) groups excluding carboxylic acids is 1. The Morgan fingerprint density at radius 1 is 1.48 bits per heavy atom. The van der Waals surface area contributed by atoms with Crippen molar-refractivity contribution in [3.8, 4) is 0 Å². The van der Waals surface area contributed by atoms with Crippen molar-refractivity contribution < 1.29 is 4.79 Å². The van der Waals surface area contributed by atoms with Gasteiger partial charge in [-0.2, -0.15) is 0 Å². The number of aromatic amines is 1. The number of nitrogens with two attached hydrogens (primary N) is 1. The fourth-order valence-corrected chi connectivity index (χ4v) is 3.08. The van der Waals surface area contributed by atoms with Crippen molar-refractivity contribution in [2.24, 2.45) is 0 Å². The number of anilines is 1. The van der Waals surface area contributed by atoms with E-state index in [1.165, 1.54) is 6.07 Å². The van der Waals surface area contributed by atoms with E-state index >= 15 is 0 Å². The lowest BCUT2D eigenvalue weighted by atomic mass is 10.1. The van der Waals surface area contributed by atoms with Crippen LogP contribution >= 0.6 is 0 Å². The lowest BCUT2D eigenvalue weighted by Gasteiger charge is -2.19. The summed E-state index contributed by atoms with van der Waals surface area (Å²) >= 11 is 0. The molecule has 3 heterocycles. The van der Waals surface area contributed by atoms with E-state index < -0.39 is 0 Å². The minimum atomic E-state index is -0.258. The van der Waals surface area contributed by atoms with E-state index in [1.54, 1.807) is 0 Å². The predicted molar refractivity (Wildman–Crippen MR) is 87.3 cm³/mol. The molecule has 1 unspecified atom stereocenters. The average molecular weight is 315 g/mol. The molecule has 7 heteroatoms. The number of nitrogen functional groups attached to an aromatic ring is 1. The topological polar surface area (TPSA) is 97.0 Å². The smallest absolute Gasteiger partial charge is 0.270 e. The van der Waals surface area contributed by atoms with Gasteiger partial charge >= 0.3 is 0 Å². The minimum absolute atomic E-state index is 0.0176. The van der Waals surface area contributed by atoms with Gasteiger partial charge in [-0.3, -0.25) is 14.6 Å². The summed E-state index contributed by atoms with van der Waals surface area (Å²) < 4.78 is 1.97. The Balaban J connectivity index is 1.78. The van der Waals surface area contributed by atoms with Gasteiger partial charge in [-0.15, -0.1) is 0 Å². The molecule has 23 heavy (non-hydrogen) atoms. The summed E-state index contributed by atoms with van der Waals surface area (Å²) in [7, 11) is 0. The summed E-state index contributed by atoms with van der Waals surface area (Å²) in [6.07, 6.45) is 2.70. The van der Waals surface area contributed by atoms with Crippen LogP contribution in [0.25, 0.3) is 0 Å². The zero-order chi connectivity index (χ0) is 16.6. The van der Waals surface area contributed by atoms with Crippen LogP contribution in [0.1, 0.15) is 48.4 Å². The number of carbonyl (C=O) groups is 1. The fraction of sp³-hybridized carbons (Fsp3) is 0.438. The number of hydrogen-bond acceptors (Lipinski definition) is 4. The maximum Gasteiger partial charge on any atom is 0.270 e. The van der Waals surface area contributed by atoms with Gasteiger partial charge in [0.05, 0.1) is 5.69 Å². The first kappa shape index (κ1) is 15.3. The summed E-state index contributed by atoms with van der Waals surface area (Å²) in [6, 6.07) is 5.43. The number of hydrogen-bond donors (Lipinski definition) is 2. The molecule has 0 radical (unpaired) electrons. The monoisotopic (exact) mass is 315 g/mol. The SMILES string of the molecule is CC(C)n1cccc1C(=O)N1CCC(c2cc(=O)[nH]c(N)n2)C1. The highest BCUT2D eigenvalue weighted by Crippen LogP contribution is 2.27. The first-order chi connectivity index (χ1) is 11.0. The molecule has 1 saturated heterocycles. The fourth-order valence-electron chi connectivity index (χ4n) is 3.08. The lowest BCUT2D eigenvalue weighted by Crippen LogP contribution is -2.30. The van der Waals surface area contributed by atoms with Crippen LogP contribution in [0.3, 0.4) is 0 Å². The molecule has 0 aliphatic carbocycles. The van der Waals surface area contributed by atoms with Crippen molar-refractivity contribution in [2.75, 3.05) is 18.8 Å². The van der Waals surface area contributed by atoms with E-state index in [9.17, 15) is 9.59 Å². The van der Waals surface area contributed by atoms with Gasteiger partial charge in [0.2, 0.25) is 5.95 Å². The van der Waals surface area contributed by atoms with Crippen LogP contribution in [0, 0.1) is 0 Å². The maximum absolute atomic E-state index is 12.7. The van der Waals surface area contributed by atoms with Crippen molar-refractivity contribution >= 4 is 11.9 Å². The number of nitrogens with zero attached hydrogens (tertiary/aromatic N) is 3. The molecule has 0 bridgehead atoms. The molecule has 3 N–H and O–H groups in total. The Morgan fingerprint density at radius 2 is 2.26 bits per heavy atom. The van der Waals surface area contributed by atoms with Gasteiger partial charge in [-0.05, 0) is 32.4 Å². The van der Waals surface area contributed by atoms with E-state index in [-0.39, 0.29) is 29.4 Å². The molecule has 1 aliphatic heterocycles. The predicted octanol–water partition coefficient (Wildman–Crippen LogP) is 1.36. The quantitative estimate of drug-likeness (QED) is 0.893. The number of H-pyrrole nitrogens is 1. The summed E-state index contributed by atoms with van der Waals surface area (Å²) in [5.41, 5.74) is 6.69. The zero-order valence-corrected chi connectivity index (χ0v) is 13.3. The first-order valence-electron chi connectivity index (χ1n) is 7.78. The van der Waals surface area contributed by atoms with Crippen molar-refractivity contribution in [2.45, 2.75) is 32.2 Å². The number of rotatable bonds is 3. The first-order valence-corrected chi connectivity index (χ1v) is 7.78. The Kier molecular flexibility index (Phi) is 3.94. The van der Waals surface area contributed by atoms with Crippen molar-refractivity contribution in [3.63, 3.8) is 0 Å². The van der Waals surface area contributed by atoms with Crippen molar-refractivity contribution in [1.29, 1.82) is 0 Å². The number of amides is 1. The molecular weight excluding hydrogens is 294 g/mol. The van der Waals surface area contributed by atoms with Crippen molar-refractivity contribution in [1.82, 2.24) is 19.4 Å². The molecule has 2 aromatic rings. The summed E-state index contributed by atoms with van der Waals surface area (Å²) in [6.45, 7) is 5.30. The van der Waals surface area contributed by atoms with Crippen molar-refractivity contribution in [3.05, 3.63) is 46.1 Å². The number of likely N-dealkylation sites (tertiary alicyclic amines) is 1. The molecule has 0 saturated carbocycles. The molecule has 1 fully saturated rings. The molecule has 1 aliphatic rings. The van der Waals surface area contributed by atoms with Crippen LogP contribution in [-0.4, -0.2) is 38.4 Å². The molecule has 122 valence electrons. The van der Waals surface area contributed by atoms with Gasteiger partial charge in [0, 0.05) is 37.3 Å². The second kappa shape index (κ2) is 5.91. The Labute approximate surface area is 134 Å². The van der Waals surface area contributed by atoms with E-state index in [0.29, 0.717) is 24.5 Å². The van der Waals surface area contributed by atoms with Gasteiger partial charge in [-0.25, -0.2) is 4.98 Å². The lowest BCUT2D eigenvalue weighted by molar-refractivity contribution is 0.0778. The Morgan fingerprint density at radius 3 is 2.96 bits per heavy atom. The van der Waals surface area contributed by atoms with E-state index in [1.807, 2.05) is 41.6 Å². The Bertz CT molecular complexity index is 777. The van der Waals surface area contributed by atoms with Gasteiger partial charge in [0.25, 0.3) is 11.5 Å². The van der Waals surface area contributed by atoms with Gasteiger partial charge in [0.15, 0.2) is 0 Å². The Hall–Kier alpha value is -2.57. The van der Waals surface area contributed by atoms with E-state index in [4.69, 9.17) is 5.73 Å². The van der Waals surface area contributed by atoms with Crippen LogP contribution in [-0.2, 0) is 0 Å². The summed E-state index contributed by atoms with van der Waals surface area (Å²) in [5, 5.41) is 0. The second-order valence-electron chi connectivity index (χ2n) is 6.19. The third-order valence-corrected chi connectivity index (χ3v) is 4.23. The highest BCUT2D eigenvalue weighted by Gasteiger charge is 2.30. The van der Waals surface area contributed by atoms with Crippen LogP contribution < -0.4 is 11.3 Å². The maximum atomic E-state index is 12.7. The highest BCUT2D eigenvalue weighted by molar-refractivity contribution is 5.93. The van der Waals surface area contributed by atoms with Crippen LogP contribution in [0.5, 0.6) is 0 Å². The standard InChI is InChI=1S/C16H21N5O2/c1-10(2)21-6-3-4-13(21)15(23)20-7-5-11(9-20)12-8-14(22)19-16(17)18-12/h3-4,6,8,10-11H,5,7,9H2,1-2H3,(H3,17,18,19,22).